The van der Waals surface area contributed by atoms with Gasteiger partial charge in [-0.15, -0.1) is 0 Å². The lowest BCUT2D eigenvalue weighted by atomic mass is 10.0. The van der Waals surface area contributed by atoms with Crippen molar-refractivity contribution >= 4 is 17.3 Å². The van der Waals surface area contributed by atoms with E-state index in [1.807, 2.05) is 12.1 Å². The Balaban J connectivity index is 2.08. The van der Waals surface area contributed by atoms with E-state index in [0.29, 0.717) is 17.2 Å². The van der Waals surface area contributed by atoms with Gasteiger partial charge in [-0.1, -0.05) is 26.0 Å². The second kappa shape index (κ2) is 6.17. The van der Waals surface area contributed by atoms with Gasteiger partial charge in [0.05, 0.1) is 4.92 Å². The average Bonchev–Trinajstić information content (AvgIpc) is 2.47. The number of non-ortho nitro benzene ring substituents is 1. The molecule has 2 aromatic rings. The molecule has 0 aliphatic heterocycles. The van der Waals surface area contributed by atoms with Gasteiger partial charge in [0.25, 0.3) is 11.6 Å². The third-order valence-corrected chi connectivity index (χ3v) is 3.18. The van der Waals surface area contributed by atoms with Crippen molar-refractivity contribution in [3.8, 4) is 0 Å². The minimum atomic E-state index is -0.476. The maximum absolute atomic E-state index is 12.1. The van der Waals surface area contributed by atoms with Gasteiger partial charge < -0.3 is 5.32 Å². The molecule has 1 N–H and O–H groups in total. The van der Waals surface area contributed by atoms with E-state index in [1.165, 1.54) is 29.8 Å². The Bertz CT molecular complexity index is 646. The number of nitro benzene ring substituents is 1. The minimum Gasteiger partial charge on any atom is -0.322 e. The van der Waals surface area contributed by atoms with E-state index in [2.05, 4.69) is 19.2 Å². The molecule has 0 aliphatic rings. The largest absolute Gasteiger partial charge is 0.322 e. The maximum Gasteiger partial charge on any atom is 0.269 e. The normalized spacial score (nSPS) is 10.4. The zero-order valence-electron chi connectivity index (χ0n) is 11.9. The van der Waals surface area contributed by atoms with Gasteiger partial charge in [0.1, 0.15) is 0 Å². The number of hydrogen-bond acceptors (Lipinski definition) is 3. The number of rotatable bonds is 4. The fourth-order valence-electron chi connectivity index (χ4n) is 1.89. The Labute approximate surface area is 122 Å². The van der Waals surface area contributed by atoms with Crippen LogP contribution in [0.4, 0.5) is 11.4 Å². The first-order valence-electron chi connectivity index (χ1n) is 6.63. The van der Waals surface area contributed by atoms with Crippen molar-refractivity contribution in [3.63, 3.8) is 0 Å². The van der Waals surface area contributed by atoms with Gasteiger partial charge in [-0.25, -0.2) is 0 Å². The van der Waals surface area contributed by atoms with Crippen molar-refractivity contribution in [2.75, 3.05) is 5.32 Å². The van der Waals surface area contributed by atoms with Crippen LogP contribution >= 0.6 is 0 Å². The fraction of sp³-hybridized carbons (Fsp3) is 0.188. The van der Waals surface area contributed by atoms with Gasteiger partial charge in [-0.05, 0) is 35.7 Å². The molecule has 2 rings (SSSR count). The summed E-state index contributed by atoms with van der Waals surface area (Å²) in [7, 11) is 0. The highest BCUT2D eigenvalue weighted by atomic mass is 16.6. The molecular weight excluding hydrogens is 268 g/mol. The number of hydrogen-bond donors (Lipinski definition) is 1. The summed E-state index contributed by atoms with van der Waals surface area (Å²) >= 11 is 0. The number of anilines is 1. The van der Waals surface area contributed by atoms with Crippen LogP contribution in [-0.2, 0) is 0 Å². The smallest absolute Gasteiger partial charge is 0.269 e. The first-order chi connectivity index (χ1) is 9.97. The molecule has 0 fully saturated rings. The van der Waals surface area contributed by atoms with Crippen LogP contribution in [0.2, 0.25) is 0 Å². The number of nitrogens with zero attached hydrogens (tertiary/aromatic N) is 1. The third-order valence-electron chi connectivity index (χ3n) is 3.18. The maximum atomic E-state index is 12.1. The molecule has 0 atom stereocenters. The molecular formula is C16H16N2O3. The van der Waals surface area contributed by atoms with Gasteiger partial charge >= 0.3 is 0 Å². The van der Waals surface area contributed by atoms with Crippen molar-refractivity contribution in [2.45, 2.75) is 19.8 Å². The van der Waals surface area contributed by atoms with Crippen LogP contribution in [0.5, 0.6) is 0 Å². The number of carbonyl (C=O) groups excluding carboxylic acids is 1. The SMILES string of the molecule is CC(C)c1ccc(C(=O)Nc2ccc([N+](=O)[O-])cc2)cc1. The molecule has 0 saturated carbocycles. The quantitative estimate of drug-likeness (QED) is 0.682. The van der Waals surface area contributed by atoms with Crippen molar-refractivity contribution < 1.29 is 9.72 Å². The average molecular weight is 284 g/mol. The van der Waals surface area contributed by atoms with E-state index < -0.39 is 4.92 Å². The molecule has 0 saturated heterocycles. The molecule has 0 radical (unpaired) electrons. The van der Waals surface area contributed by atoms with Crippen LogP contribution in [-0.4, -0.2) is 10.8 Å². The summed E-state index contributed by atoms with van der Waals surface area (Å²) in [6, 6.07) is 13.1. The topological polar surface area (TPSA) is 72.2 Å². The number of nitrogens with one attached hydrogen (secondary N) is 1. The van der Waals surface area contributed by atoms with Crippen molar-refractivity contribution in [1.82, 2.24) is 0 Å². The number of benzene rings is 2. The van der Waals surface area contributed by atoms with Gasteiger partial charge in [-0.3, -0.25) is 14.9 Å². The van der Waals surface area contributed by atoms with Gasteiger partial charge in [0, 0.05) is 23.4 Å². The van der Waals surface area contributed by atoms with E-state index in [-0.39, 0.29) is 11.6 Å². The first kappa shape index (κ1) is 14.7. The predicted octanol–water partition coefficient (Wildman–Crippen LogP) is 3.97. The Morgan fingerprint density at radius 2 is 1.62 bits per heavy atom. The molecule has 0 aliphatic carbocycles. The Hall–Kier alpha value is -2.69. The molecule has 0 unspecified atom stereocenters. The fourth-order valence-corrected chi connectivity index (χ4v) is 1.89. The zero-order valence-corrected chi connectivity index (χ0v) is 11.9. The number of amides is 1. The lowest BCUT2D eigenvalue weighted by Gasteiger charge is -2.08. The molecule has 1 amide bonds. The molecule has 21 heavy (non-hydrogen) atoms. The highest BCUT2D eigenvalue weighted by Gasteiger charge is 2.09. The van der Waals surface area contributed by atoms with Crippen LogP contribution < -0.4 is 5.32 Å². The third kappa shape index (κ3) is 3.66. The molecule has 0 aromatic heterocycles. The Morgan fingerprint density at radius 1 is 1.05 bits per heavy atom. The monoisotopic (exact) mass is 284 g/mol. The second-order valence-corrected chi connectivity index (χ2v) is 5.03. The Kier molecular flexibility index (Phi) is 4.33. The molecule has 5 heteroatoms. The van der Waals surface area contributed by atoms with E-state index in [4.69, 9.17) is 0 Å². The molecule has 108 valence electrons. The lowest BCUT2D eigenvalue weighted by molar-refractivity contribution is -0.384. The summed E-state index contributed by atoms with van der Waals surface area (Å²) in [5, 5.41) is 13.3. The van der Waals surface area contributed by atoms with Crippen LogP contribution in [0, 0.1) is 10.1 Å². The van der Waals surface area contributed by atoms with E-state index in [0.717, 1.165) is 0 Å². The van der Waals surface area contributed by atoms with Crippen LogP contribution in [0.25, 0.3) is 0 Å². The first-order valence-corrected chi connectivity index (χ1v) is 6.63. The van der Waals surface area contributed by atoms with Crippen molar-refractivity contribution in [2.24, 2.45) is 0 Å². The summed E-state index contributed by atoms with van der Waals surface area (Å²) in [4.78, 5) is 22.2. The number of nitro groups is 1. The second-order valence-electron chi connectivity index (χ2n) is 5.03. The number of carbonyl (C=O) groups is 1. The molecule has 0 spiro atoms. The summed E-state index contributed by atoms with van der Waals surface area (Å²) in [5.74, 6) is 0.177. The van der Waals surface area contributed by atoms with Crippen LogP contribution in [0.1, 0.15) is 35.7 Å². The minimum absolute atomic E-state index is 0.00529. The van der Waals surface area contributed by atoms with E-state index in [1.54, 1.807) is 12.1 Å². The van der Waals surface area contributed by atoms with E-state index >= 15 is 0 Å². The van der Waals surface area contributed by atoms with Crippen molar-refractivity contribution in [1.29, 1.82) is 0 Å². The van der Waals surface area contributed by atoms with Crippen LogP contribution in [0.15, 0.2) is 48.5 Å². The highest BCUT2D eigenvalue weighted by Crippen LogP contribution is 2.18. The Morgan fingerprint density at radius 3 is 2.10 bits per heavy atom. The molecule has 2 aromatic carbocycles. The summed E-state index contributed by atoms with van der Waals surface area (Å²) < 4.78 is 0. The lowest BCUT2D eigenvalue weighted by Crippen LogP contribution is -2.11. The van der Waals surface area contributed by atoms with Crippen LogP contribution in [0.3, 0.4) is 0 Å². The predicted molar refractivity (Wildman–Crippen MR) is 81.6 cm³/mol. The molecule has 0 heterocycles. The standard InChI is InChI=1S/C16H16N2O3/c1-11(2)12-3-5-13(6-4-12)16(19)17-14-7-9-15(10-8-14)18(20)21/h3-11H,1-2H3,(H,17,19). The zero-order chi connectivity index (χ0) is 15.4. The molecule has 0 bridgehead atoms. The summed E-state index contributed by atoms with van der Waals surface area (Å²) in [6.45, 7) is 4.18. The molecule has 5 nitrogen and oxygen atoms in total. The van der Waals surface area contributed by atoms with E-state index in [9.17, 15) is 14.9 Å². The highest BCUT2D eigenvalue weighted by molar-refractivity contribution is 6.04. The van der Waals surface area contributed by atoms with Crippen molar-refractivity contribution in [3.05, 3.63) is 69.8 Å². The van der Waals surface area contributed by atoms with Gasteiger partial charge in [0.15, 0.2) is 0 Å². The summed E-state index contributed by atoms with van der Waals surface area (Å²) in [6.07, 6.45) is 0. The summed E-state index contributed by atoms with van der Waals surface area (Å²) in [5.41, 5.74) is 2.24. The van der Waals surface area contributed by atoms with Gasteiger partial charge in [0.2, 0.25) is 0 Å². The van der Waals surface area contributed by atoms with Gasteiger partial charge in [-0.2, -0.15) is 0 Å².